The van der Waals surface area contributed by atoms with Crippen molar-refractivity contribution in [1.82, 2.24) is 4.90 Å². The van der Waals surface area contributed by atoms with Gasteiger partial charge in [-0.25, -0.2) is 4.79 Å². The van der Waals surface area contributed by atoms with Crippen LogP contribution in [0.3, 0.4) is 0 Å². The molecule has 2 aliphatic rings. The highest BCUT2D eigenvalue weighted by Gasteiger charge is 2.47. The first-order valence-electron chi connectivity index (χ1n) is 10.7. The van der Waals surface area contributed by atoms with Crippen molar-refractivity contribution in [3.8, 4) is 11.1 Å². The van der Waals surface area contributed by atoms with Crippen molar-refractivity contribution in [1.29, 1.82) is 0 Å². The molecule has 0 saturated carbocycles. The average Bonchev–Trinajstić information content (AvgIpc) is 3.26. The van der Waals surface area contributed by atoms with E-state index in [4.69, 9.17) is 9.47 Å². The second-order valence-corrected chi connectivity index (χ2v) is 8.47. The molecule has 1 N–H and O–H groups in total. The van der Waals surface area contributed by atoms with Gasteiger partial charge in [0.15, 0.2) is 0 Å². The minimum atomic E-state index is -0.851. The normalized spacial score (nSPS) is 20.5. The summed E-state index contributed by atoms with van der Waals surface area (Å²) in [6.07, 6.45) is 4.45. The third kappa shape index (κ3) is 4.03. The third-order valence-electron chi connectivity index (χ3n) is 6.15. The Labute approximate surface area is 183 Å². The zero-order chi connectivity index (χ0) is 22.0. The van der Waals surface area contributed by atoms with Gasteiger partial charge in [0.2, 0.25) is 0 Å². The first-order chi connectivity index (χ1) is 14.9. The number of fused-ring (bicyclic) bond motifs is 3. The molecule has 0 aromatic heterocycles. The molecule has 1 fully saturated rings. The molecule has 1 aliphatic carbocycles. The van der Waals surface area contributed by atoms with Crippen LogP contribution in [0.1, 0.15) is 37.3 Å². The zero-order valence-corrected chi connectivity index (χ0v) is 18.0. The van der Waals surface area contributed by atoms with Crippen LogP contribution in [0, 0.1) is 0 Å². The molecule has 0 spiro atoms. The molecular formula is C26H29NO4. The Morgan fingerprint density at radius 1 is 1.23 bits per heavy atom. The minimum absolute atomic E-state index is 0.0121. The lowest BCUT2D eigenvalue weighted by atomic mass is 9.98. The van der Waals surface area contributed by atoms with Gasteiger partial charge in [-0.15, -0.1) is 0 Å². The van der Waals surface area contributed by atoms with Crippen molar-refractivity contribution in [2.75, 3.05) is 13.2 Å². The molecule has 0 radical (unpaired) electrons. The smallest absolute Gasteiger partial charge is 0.412 e. The van der Waals surface area contributed by atoms with E-state index in [1.54, 1.807) is 12.2 Å². The van der Waals surface area contributed by atoms with Gasteiger partial charge in [-0.05, 0) is 42.5 Å². The molecule has 162 valence electrons. The van der Waals surface area contributed by atoms with E-state index >= 15 is 0 Å². The summed E-state index contributed by atoms with van der Waals surface area (Å²) in [5, 5.41) is 10.7. The van der Waals surface area contributed by atoms with Crippen LogP contribution in [0.15, 0.2) is 73.3 Å². The van der Waals surface area contributed by atoms with Gasteiger partial charge in [0.1, 0.15) is 12.3 Å². The van der Waals surface area contributed by atoms with Gasteiger partial charge >= 0.3 is 6.09 Å². The molecule has 31 heavy (non-hydrogen) atoms. The van der Waals surface area contributed by atoms with Crippen LogP contribution in [0.25, 0.3) is 11.1 Å². The van der Waals surface area contributed by atoms with Gasteiger partial charge in [-0.1, -0.05) is 73.3 Å². The predicted molar refractivity (Wildman–Crippen MR) is 121 cm³/mol. The highest BCUT2D eigenvalue weighted by atomic mass is 16.6. The molecular weight excluding hydrogens is 390 g/mol. The maximum atomic E-state index is 13.2. The van der Waals surface area contributed by atoms with Crippen molar-refractivity contribution in [2.45, 2.75) is 44.1 Å². The topological polar surface area (TPSA) is 59.0 Å². The van der Waals surface area contributed by atoms with Gasteiger partial charge in [0.05, 0.1) is 18.8 Å². The van der Waals surface area contributed by atoms with Crippen LogP contribution >= 0.6 is 0 Å². The number of amides is 1. The van der Waals surface area contributed by atoms with E-state index in [1.807, 2.05) is 44.2 Å². The van der Waals surface area contributed by atoms with Crippen LogP contribution < -0.4 is 0 Å². The van der Waals surface area contributed by atoms with E-state index in [0.29, 0.717) is 6.42 Å². The van der Waals surface area contributed by atoms with Crippen molar-refractivity contribution in [2.24, 2.45) is 0 Å². The van der Waals surface area contributed by atoms with Crippen molar-refractivity contribution >= 4 is 6.09 Å². The predicted octanol–water partition coefficient (Wildman–Crippen LogP) is 4.87. The van der Waals surface area contributed by atoms with E-state index in [0.717, 1.165) is 0 Å². The Hall–Kier alpha value is -2.89. The Balaban J connectivity index is 1.51. The van der Waals surface area contributed by atoms with Gasteiger partial charge in [-0.3, -0.25) is 4.90 Å². The quantitative estimate of drug-likeness (QED) is 0.679. The molecule has 1 saturated heterocycles. The third-order valence-corrected chi connectivity index (χ3v) is 6.15. The maximum absolute atomic E-state index is 13.2. The Morgan fingerprint density at radius 3 is 2.45 bits per heavy atom. The zero-order valence-electron chi connectivity index (χ0n) is 18.0. The van der Waals surface area contributed by atoms with Gasteiger partial charge in [0.25, 0.3) is 0 Å². The lowest BCUT2D eigenvalue weighted by Gasteiger charge is -2.34. The van der Waals surface area contributed by atoms with Crippen LogP contribution in [-0.2, 0) is 9.47 Å². The number of aliphatic hydroxyl groups is 1. The van der Waals surface area contributed by atoms with Crippen molar-refractivity contribution in [3.63, 3.8) is 0 Å². The molecule has 2 aromatic rings. The Morgan fingerprint density at radius 2 is 1.84 bits per heavy atom. The van der Waals surface area contributed by atoms with E-state index in [-0.39, 0.29) is 19.1 Å². The summed E-state index contributed by atoms with van der Waals surface area (Å²) < 4.78 is 11.6. The second kappa shape index (κ2) is 8.69. The molecule has 4 rings (SSSR count). The summed E-state index contributed by atoms with van der Waals surface area (Å²) in [5.41, 5.74) is 3.85. The van der Waals surface area contributed by atoms with Crippen LogP contribution in [0.5, 0.6) is 0 Å². The molecule has 5 nitrogen and oxygen atoms in total. The molecule has 1 heterocycles. The Kier molecular flexibility index (Phi) is 5.99. The number of benzene rings is 2. The lowest BCUT2D eigenvalue weighted by molar-refractivity contribution is -0.0531. The summed E-state index contributed by atoms with van der Waals surface area (Å²) in [6, 6.07) is 16.0. The molecule has 1 aliphatic heterocycles. The number of aliphatic hydroxyl groups excluding tert-OH is 1. The fraction of sp³-hybridized carbons (Fsp3) is 0.346. The van der Waals surface area contributed by atoms with Gasteiger partial charge < -0.3 is 14.6 Å². The molecule has 2 atom stereocenters. The second-order valence-electron chi connectivity index (χ2n) is 8.47. The van der Waals surface area contributed by atoms with Gasteiger partial charge in [-0.2, -0.15) is 0 Å². The number of carbonyl (C=O) groups is 1. The Bertz CT molecular complexity index is 951. The number of hydrogen-bond acceptors (Lipinski definition) is 4. The summed E-state index contributed by atoms with van der Waals surface area (Å²) in [7, 11) is 0. The van der Waals surface area contributed by atoms with Crippen molar-refractivity contribution in [3.05, 3.63) is 84.5 Å². The summed E-state index contributed by atoms with van der Waals surface area (Å²) in [6.45, 7) is 7.78. The first kappa shape index (κ1) is 21.3. The van der Waals surface area contributed by atoms with E-state index in [2.05, 4.69) is 30.8 Å². The number of ether oxygens (including phenoxy) is 2. The van der Waals surface area contributed by atoms with Crippen LogP contribution in [-0.4, -0.2) is 47.2 Å². The van der Waals surface area contributed by atoms with E-state index < -0.39 is 24.0 Å². The van der Waals surface area contributed by atoms with Crippen LogP contribution in [0.4, 0.5) is 4.79 Å². The van der Waals surface area contributed by atoms with E-state index in [1.165, 1.54) is 27.2 Å². The molecule has 5 heteroatoms. The van der Waals surface area contributed by atoms with Crippen LogP contribution in [0.2, 0.25) is 0 Å². The number of carbonyl (C=O) groups excluding carboxylic acids is 1. The fourth-order valence-electron chi connectivity index (χ4n) is 4.61. The fourth-order valence-corrected chi connectivity index (χ4v) is 4.61. The average molecular weight is 420 g/mol. The minimum Gasteiger partial charge on any atom is -0.448 e. The number of nitrogens with zero attached hydrogens (tertiary/aromatic N) is 1. The molecule has 0 unspecified atom stereocenters. The highest BCUT2D eigenvalue weighted by molar-refractivity contribution is 5.79. The largest absolute Gasteiger partial charge is 0.448 e. The SMILES string of the molecule is C=C/C=C/C[C@H](O)[C@@H]1COC(C)(C)N1C(=O)OCC1c2ccccc2-c2ccccc21. The number of hydrogen-bond donors (Lipinski definition) is 1. The number of rotatable bonds is 6. The van der Waals surface area contributed by atoms with Crippen molar-refractivity contribution < 1.29 is 19.4 Å². The standard InChI is InChI=1S/C26H29NO4/c1-4-5-6-15-24(28)23-17-31-26(2,3)27(23)25(29)30-16-22-20-13-9-7-11-18(20)19-12-8-10-14-21(19)22/h4-14,22-24,28H,1,15-17H2,2-3H3/b6-5+/t23-,24-/m0/s1. The lowest BCUT2D eigenvalue weighted by Crippen LogP contribution is -2.52. The van der Waals surface area contributed by atoms with E-state index in [9.17, 15) is 9.90 Å². The molecule has 0 bridgehead atoms. The summed E-state index contributed by atoms with van der Waals surface area (Å²) >= 11 is 0. The first-order valence-corrected chi connectivity index (χ1v) is 10.7. The molecule has 1 amide bonds. The number of allylic oxidation sites excluding steroid dienone is 2. The monoisotopic (exact) mass is 419 g/mol. The maximum Gasteiger partial charge on any atom is 0.412 e. The van der Waals surface area contributed by atoms with Gasteiger partial charge in [0, 0.05) is 5.92 Å². The highest BCUT2D eigenvalue weighted by Crippen LogP contribution is 2.44. The molecule has 2 aromatic carbocycles. The summed E-state index contributed by atoms with van der Waals surface area (Å²) in [5.74, 6) is -0.0121. The summed E-state index contributed by atoms with van der Waals surface area (Å²) in [4.78, 5) is 14.7.